The lowest BCUT2D eigenvalue weighted by Gasteiger charge is -2.21. The zero-order valence-electron chi connectivity index (χ0n) is 10.9. The van der Waals surface area contributed by atoms with E-state index >= 15 is 0 Å². The summed E-state index contributed by atoms with van der Waals surface area (Å²) in [6, 6.07) is 1.02. The van der Waals surface area contributed by atoms with Crippen LogP contribution in [0.15, 0.2) is 0 Å². The van der Waals surface area contributed by atoms with Gasteiger partial charge < -0.3 is 16.0 Å². The maximum Gasteiger partial charge on any atom is 0.0164 e. The summed E-state index contributed by atoms with van der Waals surface area (Å²) >= 11 is 0. The maximum atomic E-state index is 5.57. The van der Waals surface area contributed by atoms with Crippen molar-refractivity contribution in [2.45, 2.75) is 52.6 Å². The predicted octanol–water partition coefficient (Wildman–Crippen LogP) is 1.43. The zero-order chi connectivity index (χ0) is 11.7. The van der Waals surface area contributed by atoms with E-state index in [1.165, 1.54) is 19.4 Å². The quantitative estimate of drug-likeness (QED) is 0.611. The monoisotopic (exact) mass is 215 g/mol. The molecule has 0 aliphatic rings. The summed E-state index contributed by atoms with van der Waals surface area (Å²) in [5.41, 5.74) is 5.57. The fourth-order valence-electron chi connectivity index (χ4n) is 1.80. The molecule has 3 heteroatoms. The molecule has 0 bridgehead atoms. The van der Waals surface area contributed by atoms with Crippen LogP contribution in [0.2, 0.25) is 0 Å². The van der Waals surface area contributed by atoms with E-state index in [9.17, 15) is 0 Å². The second-order valence-corrected chi connectivity index (χ2v) is 4.37. The van der Waals surface area contributed by atoms with Gasteiger partial charge in [0.15, 0.2) is 0 Å². The Morgan fingerprint density at radius 3 is 2.20 bits per heavy atom. The smallest absolute Gasteiger partial charge is 0.0164 e. The first-order chi connectivity index (χ1) is 7.13. The van der Waals surface area contributed by atoms with E-state index in [0.717, 1.165) is 19.6 Å². The number of hydrogen-bond acceptors (Lipinski definition) is 3. The van der Waals surface area contributed by atoms with E-state index in [2.05, 4.69) is 37.9 Å². The van der Waals surface area contributed by atoms with Crippen LogP contribution in [-0.4, -0.2) is 43.2 Å². The summed E-state index contributed by atoms with van der Waals surface area (Å²) in [6.45, 7) is 13.1. The molecule has 0 heterocycles. The standard InChI is InChI=1S/C12H29N3/c1-5-15(6-2)9-7-8-11(3)14-12(4)10-13/h11-12,14H,5-10,13H2,1-4H3. The third-order valence-corrected chi connectivity index (χ3v) is 2.93. The molecule has 0 fully saturated rings. The molecule has 0 saturated heterocycles. The van der Waals surface area contributed by atoms with Crippen molar-refractivity contribution in [3.63, 3.8) is 0 Å². The van der Waals surface area contributed by atoms with Gasteiger partial charge in [-0.2, -0.15) is 0 Å². The van der Waals surface area contributed by atoms with Crippen LogP contribution in [0.25, 0.3) is 0 Å². The Morgan fingerprint density at radius 2 is 1.73 bits per heavy atom. The lowest BCUT2D eigenvalue weighted by molar-refractivity contribution is 0.288. The summed E-state index contributed by atoms with van der Waals surface area (Å²) in [6.07, 6.45) is 2.51. The van der Waals surface area contributed by atoms with Gasteiger partial charge in [0.1, 0.15) is 0 Å². The molecule has 0 aromatic heterocycles. The number of nitrogens with one attached hydrogen (secondary N) is 1. The molecule has 3 N–H and O–H groups in total. The molecular weight excluding hydrogens is 186 g/mol. The van der Waals surface area contributed by atoms with Gasteiger partial charge in [0.25, 0.3) is 0 Å². The lowest BCUT2D eigenvalue weighted by atomic mass is 10.1. The highest BCUT2D eigenvalue weighted by Gasteiger charge is 2.06. The summed E-state index contributed by atoms with van der Waals surface area (Å²) < 4.78 is 0. The first kappa shape index (κ1) is 14.9. The number of nitrogens with two attached hydrogens (primary N) is 1. The molecule has 0 saturated carbocycles. The minimum Gasteiger partial charge on any atom is -0.329 e. The van der Waals surface area contributed by atoms with Crippen molar-refractivity contribution in [3.8, 4) is 0 Å². The van der Waals surface area contributed by atoms with Crippen LogP contribution < -0.4 is 11.1 Å². The lowest BCUT2D eigenvalue weighted by Crippen LogP contribution is -2.39. The fourth-order valence-corrected chi connectivity index (χ4v) is 1.80. The van der Waals surface area contributed by atoms with E-state index in [1.54, 1.807) is 0 Å². The molecule has 3 nitrogen and oxygen atoms in total. The molecule has 2 atom stereocenters. The highest BCUT2D eigenvalue weighted by Crippen LogP contribution is 2.00. The van der Waals surface area contributed by atoms with Gasteiger partial charge in [-0.1, -0.05) is 13.8 Å². The minimum atomic E-state index is 0.438. The normalized spacial score (nSPS) is 15.6. The first-order valence-electron chi connectivity index (χ1n) is 6.32. The van der Waals surface area contributed by atoms with Crippen LogP contribution in [-0.2, 0) is 0 Å². The van der Waals surface area contributed by atoms with Gasteiger partial charge in [-0.05, 0) is 46.3 Å². The molecule has 0 amide bonds. The van der Waals surface area contributed by atoms with Gasteiger partial charge in [0.05, 0.1) is 0 Å². The third-order valence-electron chi connectivity index (χ3n) is 2.93. The molecule has 0 aliphatic carbocycles. The largest absolute Gasteiger partial charge is 0.329 e. The van der Waals surface area contributed by atoms with Crippen LogP contribution in [0.4, 0.5) is 0 Å². The van der Waals surface area contributed by atoms with Crippen molar-refractivity contribution in [2.75, 3.05) is 26.2 Å². The van der Waals surface area contributed by atoms with Gasteiger partial charge in [0.2, 0.25) is 0 Å². The van der Waals surface area contributed by atoms with Crippen molar-refractivity contribution in [1.29, 1.82) is 0 Å². The summed E-state index contributed by atoms with van der Waals surface area (Å²) in [7, 11) is 0. The zero-order valence-corrected chi connectivity index (χ0v) is 10.9. The average molecular weight is 215 g/mol. The maximum absolute atomic E-state index is 5.57. The molecule has 0 radical (unpaired) electrons. The Labute approximate surface area is 95.4 Å². The van der Waals surface area contributed by atoms with Crippen molar-refractivity contribution in [1.82, 2.24) is 10.2 Å². The van der Waals surface area contributed by atoms with Crippen molar-refractivity contribution < 1.29 is 0 Å². The summed E-state index contributed by atoms with van der Waals surface area (Å²) in [5.74, 6) is 0. The van der Waals surface area contributed by atoms with E-state index in [0.29, 0.717) is 12.1 Å². The molecule has 0 aromatic rings. The minimum absolute atomic E-state index is 0.438. The Kier molecular flexibility index (Phi) is 9.06. The van der Waals surface area contributed by atoms with Crippen LogP contribution in [0.1, 0.15) is 40.5 Å². The highest BCUT2D eigenvalue weighted by atomic mass is 15.1. The Balaban J connectivity index is 3.49. The van der Waals surface area contributed by atoms with Gasteiger partial charge in [-0.15, -0.1) is 0 Å². The van der Waals surface area contributed by atoms with Gasteiger partial charge >= 0.3 is 0 Å². The van der Waals surface area contributed by atoms with E-state index in [-0.39, 0.29) is 0 Å². The number of nitrogens with zero attached hydrogens (tertiary/aromatic N) is 1. The van der Waals surface area contributed by atoms with E-state index < -0.39 is 0 Å². The Bertz CT molecular complexity index is 135. The van der Waals surface area contributed by atoms with Crippen molar-refractivity contribution >= 4 is 0 Å². The second kappa shape index (κ2) is 9.13. The third kappa shape index (κ3) is 7.77. The molecule has 0 spiro atoms. The molecule has 0 rings (SSSR count). The van der Waals surface area contributed by atoms with Crippen molar-refractivity contribution in [3.05, 3.63) is 0 Å². The van der Waals surface area contributed by atoms with Crippen LogP contribution in [0.5, 0.6) is 0 Å². The summed E-state index contributed by atoms with van der Waals surface area (Å²) in [5, 5.41) is 3.50. The predicted molar refractivity (Wildman–Crippen MR) is 68.1 cm³/mol. The first-order valence-corrected chi connectivity index (χ1v) is 6.32. The molecule has 0 aromatic carbocycles. The molecule has 92 valence electrons. The number of rotatable bonds is 9. The highest BCUT2D eigenvalue weighted by molar-refractivity contribution is 4.68. The van der Waals surface area contributed by atoms with Crippen molar-refractivity contribution in [2.24, 2.45) is 5.73 Å². The SMILES string of the molecule is CCN(CC)CCCC(C)NC(C)CN. The van der Waals surface area contributed by atoms with Crippen LogP contribution in [0, 0.1) is 0 Å². The fraction of sp³-hybridized carbons (Fsp3) is 1.00. The molecular formula is C12H29N3. The van der Waals surface area contributed by atoms with Gasteiger partial charge in [-0.3, -0.25) is 0 Å². The average Bonchev–Trinajstić information content (AvgIpc) is 2.24. The topological polar surface area (TPSA) is 41.3 Å². The second-order valence-electron chi connectivity index (χ2n) is 4.37. The van der Waals surface area contributed by atoms with E-state index in [1.807, 2.05) is 0 Å². The van der Waals surface area contributed by atoms with Crippen LogP contribution >= 0.6 is 0 Å². The summed E-state index contributed by atoms with van der Waals surface area (Å²) in [4.78, 5) is 2.47. The van der Waals surface area contributed by atoms with E-state index in [4.69, 9.17) is 5.73 Å². The molecule has 0 aliphatic heterocycles. The number of hydrogen-bond donors (Lipinski definition) is 2. The molecule has 15 heavy (non-hydrogen) atoms. The van der Waals surface area contributed by atoms with Gasteiger partial charge in [0, 0.05) is 18.6 Å². The Morgan fingerprint density at radius 1 is 1.13 bits per heavy atom. The Hall–Kier alpha value is -0.120. The molecule has 2 unspecified atom stereocenters. The van der Waals surface area contributed by atoms with Gasteiger partial charge in [-0.25, -0.2) is 0 Å². The van der Waals surface area contributed by atoms with Crippen LogP contribution in [0.3, 0.4) is 0 Å².